The number of rotatable bonds is 9. The Kier molecular flexibility index (Phi) is 11.7. The highest BCUT2D eigenvalue weighted by atomic mass is 15.2. The maximum Gasteiger partial charge on any atom is 0.0553 e. The zero-order valence-corrected chi connectivity index (χ0v) is 39.7. The van der Waals surface area contributed by atoms with Crippen molar-refractivity contribution >= 4 is 83.5 Å². The summed E-state index contributed by atoms with van der Waals surface area (Å²) in [7, 11) is 0. The third-order valence-corrected chi connectivity index (χ3v) is 13.3. The zero-order valence-electron chi connectivity index (χ0n) is 39.7. The van der Waals surface area contributed by atoms with Crippen molar-refractivity contribution in [2.75, 3.05) is 14.7 Å². The second-order valence-corrected chi connectivity index (χ2v) is 17.9. The quantitative estimate of drug-likeness (QED) is 0.106. The van der Waals surface area contributed by atoms with Gasteiger partial charge in [0.2, 0.25) is 0 Å². The highest BCUT2D eigenvalue weighted by Crippen LogP contribution is 2.46. The topological polar surface area (TPSA) is 9.72 Å². The van der Waals surface area contributed by atoms with E-state index in [0.29, 0.717) is 0 Å². The smallest absolute Gasteiger partial charge is 0.0553 e. The SMILES string of the molecule is Cc1cc(C#Cc2ccc(N(c3ccccc3)c3ccccc3)cc2)c2ccc3c(C#Cc4ccc(N(c5ccccc5)c5ccccc5)cc4)cc(N(c4ccccc4)c4ccccc4)c4ccc1c2c34. The van der Waals surface area contributed by atoms with Gasteiger partial charge >= 0.3 is 0 Å². The van der Waals surface area contributed by atoms with Crippen molar-refractivity contribution in [2.45, 2.75) is 6.92 Å². The average molecular weight is 918 g/mol. The van der Waals surface area contributed by atoms with Crippen LogP contribution in [0.15, 0.2) is 267 Å². The normalized spacial score (nSPS) is 10.9. The molecule has 0 N–H and O–H groups in total. The summed E-state index contributed by atoms with van der Waals surface area (Å²) >= 11 is 0. The van der Waals surface area contributed by atoms with Gasteiger partial charge in [-0.15, -0.1) is 0 Å². The van der Waals surface area contributed by atoms with Crippen molar-refractivity contribution in [3.63, 3.8) is 0 Å². The highest BCUT2D eigenvalue weighted by Gasteiger charge is 2.22. The van der Waals surface area contributed by atoms with Gasteiger partial charge in [-0.25, -0.2) is 0 Å². The van der Waals surface area contributed by atoms with Crippen LogP contribution < -0.4 is 14.7 Å². The summed E-state index contributed by atoms with van der Waals surface area (Å²) in [5.74, 6) is 14.5. The summed E-state index contributed by atoms with van der Waals surface area (Å²) in [5, 5.41) is 6.96. The monoisotopic (exact) mass is 917 g/mol. The van der Waals surface area contributed by atoms with Crippen molar-refractivity contribution < 1.29 is 0 Å². The Bertz CT molecular complexity index is 3830. The molecule has 0 aliphatic rings. The van der Waals surface area contributed by atoms with Gasteiger partial charge in [-0.05, 0) is 167 Å². The fourth-order valence-electron chi connectivity index (χ4n) is 9.99. The maximum atomic E-state index is 3.71. The Morgan fingerprint density at radius 2 is 0.542 bits per heavy atom. The molecule has 12 aromatic carbocycles. The van der Waals surface area contributed by atoms with Crippen LogP contribution in [0.2, 0.25) is 0 Å². The first-order valence-corrected chi connectivity index (χ1v) is 24.3. The Morgan fingerprint density at radius 1 is 0.250 bits per heavy atom. The Morgan fingerprint density at radius 3 is 0.917 bits per heavy atom. The molecular formula is C69H47N3. The molecule has 338 valence electrons. The molecule has 0 bridgehead atoms. The number of benzene rings is 12. The summed E-state index contributed by atoms with van der Waals surface area (Å²) in [6, 6.07) is 94.0. The number of hydrogen-bond acceptors (Lipinski definition) is 3. The van der Waals surface area contributed by atoms with Gasteiger partial charge in [0, 0.05) is 78.5 Å². The fraction of sp³-hybridized carbons (Fsp3) is 0.0145. The van der Waals surface area contributed by atoms with Crippen LogP contribution in [0.25, 0.3) is 32.3 Å². The van der Waals surface area contributed by atoms with E-state index in [1.54, 1.807) is 0 Å². The number of nitrogens with zero attached hydrogens (tertiary/aromatic N) is 3. The van der Waals surface area contributed by atoms with E-state index < -0.39 is 0 Å². The molecule has 0 saturated heterocycles. The molecule has 72 heavy (non-hydrogen) atoms. The van der Waals surface area contributed by atoms with Crippen LogP contribution in [0, 0.1) is 30.6 Å². The predicted octanol–water partition coefficient (Wildman–Crippen LogP) is 18.1. The van der Waals surface area contributed by atoms with E-state index in [0.717, 1.165) is 89.6 Å². The lowest BCUT2D eigenvalue weighted by atomic mass is 9.87. The summed E-state index contributed by atoms with van der Waals surface area (Å²) in [6.45, 7) is 2.20. The molecule has 0 aliphatic carbocycles. The minimum atomic E-state index is 0.935. The first-order chi connectivity index (χ1) is 35.6. The molecule has 0 atom stereocenters. The van der Waals surface area contributed by atoms with Crippen LogP contribution in [0.4, 0.5) is 51.2 Å². The molecule has 0 spiro atoms. The molecule has 12 aromatic rings. The van der Waals surface area contributed by atoms with Crippen molar-refractivity contribution in [2.24, 2.45) is 0 Å². The third kappa shape index (κ3) is 8.43. The van der Waals surface area contributed by atoms with Gasteiger partial charge in [0.1, 0.15) is 0 Å². The molecule has 0 unspecified atom stereocenters. The number of aryl methyl sites for hydroxylation is 1. The number of hydrogen-bond donors (Lipinski definition) is 0. The molecule has 0 saturated carbocycles. The molecule has 12 rings (SSSR count). The van der Waals surface area contributed by atoms with E-state index in [1.807, 2.05) is 0 Å². The second-order valence-electron chi connectivity index (χ2n) is 17.9. The van der Waals surface area contributed by atoms with Gasteiger partial charge in [-0.2, -0.15) is 0 Å². The minimum Gasteiger partial charge on any atom is -0.311 e. The molecule has 3 heteroatoms. The van der Waals surface area contributed by atoms with E-state index >= 15 is 0 Å². The van der Waals surface area contributed by atoms with Crippen molar-refractivity contribution in [3.8, 4) is 23.7 Å². The van der Waals surface area contributed by atoms with Gasteiger partial charge in [-0.3, -0.25) is 0 Å². The van der Waals surface area contributed by atoms with Crippen LogP contribution in [-0.4, -0.2) is 0 Å². The van der Waals surface area contributed by atoms with Crippen LogP contribution >= 0.6 is 0 Å². The Balaban J connectivity index is 0.990. The first-order valence-electron chi connectivity index (χ1n) is 24.3. The summed E-state index contributed by atoms with van der Waals surface area (Å²) in [5.41, 5.74) is 14.7. The third-order valence-electron chi connectivity index (χ3n) is 13.3. The van der Waals surface area contributed by atoms with Gasteiger partial charge < -0.3 is 14.7 Å². The second kappa shape index (κ2) is 19.3. The molecular weight excluding hydrogens is 871 g/mol. The maximum absolute atomic E-state index is 3.71. The number of para-hydroxylation sites is 6. The van der Waals surface area contributed by atoms with Crippen molar-refractivity contribution in [3.05, 3.63) is 295 Å². The Labute approximate surface area is 421 Å². The average Bonchev–Trinajstić information content (AvgIpc) is 3.45. The van der Waals surface area contributed by atoms with Crippen LogP contribution in [0.1, 0.15) is 27.8 Å². The molecule has 0 fully saturated rings. The van der Waals surface area contributed by atoms with Crippen LogP contribution in [-0.2, 0) is 0 Å². The lowest BCUT2D eigenvalue weighted by Crippen LogP contribution is -2.11. The number of anilines is 9. The molecule has 0 amide bonds. The fourth-order valence-corrected chi connectivity index (χ4v) is 9.99. The molecule has 0 aliphatic heterocycles. The first kappa shape index (κ1) is 43.5. The lowest BCUT2D eigenvalue weighted by molar-refractivity contribution is 1.28. The van der Waals surface area contributed by atoms with Gasteiger partial charge in [0.25, 0.3) is 0 Å². The summed E-state index contributed by atoms with van der Waals surface area (Å²) in [4.78, 5) is 6.91. The predicted molar refractivity (Wildman–Crippen MR) is 304 cm³/mol. The van der Waals surface area contributed by atoms with Crippen molar-refractivity contribution in [1.29, 1.82) is 0 Å². The van der Waals surface area contributed by atoms with E-state index in [4.69, 9.17) is 0 Å². The van der Waals surface area contributed by atoms with Crippen LogP contribution in [0.3, 0.4) is 0 Å². The van der Waals surface area contributed by atoms with Gasteiger partial charge in [0.15, 0.2) is 0 Å². The van der Waals surface area contributed by atoms with Crippen LogP contribution in [0.5, 0.6) is 0 Å². The Hall–Kier alpha value is -9.80. The van der Waals surface area contributed by atoms with E-state index in [1.165, 1.54) is 21.7 Å². The molecule has 0 radical (unpaired) electrons. The minimum absolute atomic E-state index is 0.935. The molecule has 3 nitrogen and oxygen atoms in total. The lowest BCUT2D eigenvalue weighted by Gasteiger charge is -2.28. The van der Waals surface area contributed by atoms with E-state index in [2.05, 4.69) is 312 Å². The van der Waals surface area contributed by atoms with E-state index in [-0.39, 0.29) is 0 Å². The highest BCUT2D eigenvalue weighted by molar-refractivity contribution is 6.28. The zero-order chi connectivity index (χ0) is 48.2. The largest absolute Gasteiger partial charge is 0.311 e. The van der Waals surface area contributed by atoms with Gasteiger partial charge in [-0.1, -0.05) is 157 Å². The summed E-state index contributed by atoms with van der Waals surface area (Å²) in [6.07, 6.45) is 0. The molecule has 0 aromatic heterocycles. The van der Waals surface area contributed by atoms with Gasteiger partial charge in [0.05, 0.1) is 5.69 Å². The van der Waals surface area contributed by atoms with Crippen molar-refractivity contribution in [1.82, 2.24) is 0 Å². The van der Waals surface area contributed by atoms with E-state index in [9.17, 15) is 0 Å². The summed E-state index contributed by atoms with van der Waals surface area (Å²) < 4.78 is 0. The standard InChI is InChI=1S/C69H47N3/c1-50-48-53(38-32-51-34-40-61(41-35-51)70(55-20-8-2-9-21-55)56-22-10-3-11-23-56)64-45-46-65-54(39-33-52-36-42-62(43-37-52)71(57-24-12-4-13-25-57)58-26-14-5-15-27-58)49-67(66-47-44-63(50)68(64)69(65)66)72(59-28-16-6-17-29-59)60-30-18-7-19-31-60/h2-31,34-37,40-49H,1H3. The molecule has 0 heterocycles.